The van der Waals surface area contributed by atoms with Gasteiger partial charge in [-0.15, -0.1) is 0 Å². The molecule has 0 bridgehead atoms. The zero-order valence-electron chi connectivity index (χ0n) is 10.9. The topological polar surface area (TPSA) is 65.5 Å². The van der Waals surface area contributed by atoms with E-state index < -0.39 is 5.97 Å². The molecule has 19 heavy (non-hydrogen) atoms. The Balaban J connectivity index is 1.99. The molecule has 5 nitrogen and oxygen atoms in total. The van der Waals surface area contributed by atoms with E-state index in [4.69, 9.17) is 16.7 Å². The van der Waals surface area contributed by atoms with Crippen LogP contribution < -0.4 is 5.32 Å². The van der Waals surface area contributed by atoms with E-state index >= 15 is 0 Å². The minimum absolute atomic E-state index is 0.149. The molecule has 1 saturated heterocycles. The van der Waals surface area contributed by atoms with Crippen molar-refractivity contribution in [3.63, 3.8) is 0 Å². The molecule has 1 aliphatic heterocycles. The van der Waals surface area contributed by atoms with Crippen molar-refractivity contribution in [2.75, 3.05) is 25.0 Å². The number of halogens is 1. The molecule has 0 radical (unpaired) electrons. The summed E-state index contributed by atoms with van der Waals surface area (Å²) >= 11 is 5.82. The Morgan fingerprint density at radius 2 is 2.21 bits per heavy atom. The molecule has 104 valence electrons. The second-order valence-electron chi connectivity index (χ2n) is 4.92. The van der Waals surface area contributed by atoms with Gasteiger partial charge in [0.05, 0.1) is 5.56 Å². The fourth-order valence-corrected chi connectivity index (χ4v) is 2.55. The molecule has 0 amide bonds. The first-order valence-corrected chi connectivity index (χ1v) is 6.82. The molecule has 1 fully saturated rings. The lowest BCUT2D eigenvalue weighted by Crippen LogP contribution is -2.33. The number of aromatic nitrogens is 1. The van der Waals surface area contributed by atoms with E-state index in [9.17, 15) is 4.79 Å². The smallest absolute Gasteiger partial charge is 0.335 e. The van der Waals surface area contributed by atoms with Crippen molar-refractivity contribution in [3.8, 4) is 0 Å². The summed E-state index contributed by atoms with van der Waals surface area (Å²) in [6.07, 6.45) is 2.51. The van der Waals surface area contributed by atoms with Crippen LogP contribution in [0.4, 0.5) is 5.82 Å². The van der Waals surface area contributed by atoms with Gasteiger partial charge in [0, 0.05) is 12.6 Å². The SMILES string of the molecule is CC(CN1CCCC1)Nc1cc(C(=O)O)cc(Cl)n1. The van der Waals surface area contributed by atoms with Crippen LogP contribution in [0.3, 0.4) is 0 Å². The lowest BCUT2D eigenvalue weighted by atomic mass is 10.2. The predicted octanol–water partition coefficient (Wildman–Crippen LogP) is 2.33. The number of hydrogen-bond acceptors (Lipinski definition) is 4. The minimum Gasteiger partial charge on any atom is -0.478 e. The summed E-state index contributed by atoms with van der Waals surface area (Å²) in [5, 5.41) is 12.4. The van der Waals surface area contributed by atoms with E-state index in [1.165, 1.54) is 25.0 Å². The molecular weight excluding hydrogens is 266 g/mol. The molecule has 2 heterocycles. The van der Waals surface area contributed by atoms with E-state index in [2.05, 4.69) is 22.1 Å². The fraction of sp³-hybridized carbons (Fsp3) is 0.538. The molecule has 6 heteroatoms. The van der Waals surface area contributed by atoms with Crippen LogP contribution in [0.2, 0.25) is 5.15 Å². The lowest BCUT2D eigenvalue weighted by molar-refractivity contribution is 0.0697. The first kappa shape index (κ1) is 14.1. The summed E-state index contributed by atoms with van der Waals surface area (Å²) < 4.78 is 0. The zero-order valence-corrected chi connectivity index (χ0v) is 11.7. The van der Waals surface area contributed by atoms with Gasteiger partial charge in [-0.1, -0.05) is 11.6 Å². The van der Waals surface area contributed by atoms with Gasteiger partial charge in [0.25, 0.3) is 0 Å². The van der Waals surface area contributed by atoms with E-state index in [0.29, 0.717) is 5.82 Å². The molecule has 1 aliphatic rings. The van der Waals surface area contributed by atoms with Gasteiger partial charge in [0.15, 0.2) is 0 Å². The third-order valence-electron chi connectivity index (χ3n) is 3.17. The molecule has 1 atom stereocenters. The molecule has 0 spiro atoms. The summed E-state index contributed by atoms with van der Waals surface area (Å²) in [4.78, 5) is 17.4. The second-order valence-corrected chi connectivity index (χ2v) is 5.31. The Morgan fingerprint density at radius 3 is 2.84 bits per heavy atom. The second kappa shape index (κ2) is 6.21. The average Bonchev–Trinajstić information content (AvgIpc) is 2.80. The molecule has 0 aliphatic carbocycles. The number of pyridine rings is 1. The summed E-state index contributed by atoms with van der Waals surface area (Å²) in [6.45, 7) is 5.25. The summed E-state index contributed by atoms with van der Waals surface area (Å²) in [6, 6.07) is 3.06. The standard InChI is InChI=1S/C13H18ClN3O2/c1-9(8-17-4-2-3-5-17)15-12-7-10(13(18)19)6-11(14)16-12/h6-7,9H,2-5,8H2,1H3,(H,15,16)(H,18,19). The minimum atomic E-state index is -1.00. The first-order valence-electron chi connectivity index (χ1n) is 6.44. The first-order chi connectivity index (χ1) is 9.04. The molecule has 2 rings (SSSR count). The Labute approximate surface area is 117 Å². The van der Waals surface area contributed by atoms with Crippen molar-refractivity contribution in [1.82, 2.24) is 9.88 Å². The monoisotopic (exact) mass is 283 g/mol. The van der Waals surface area contributed by atoms with Crippen molar-refractivity contribution in [2.24, 2.45) is 0 Å². The average molecular weight is 284 g/mol. The summed E-state index contributed by atoms with van der Waals surface area (Å²) in [5.41, 5.74) is 0.149. The van der Waals surface area contributed by atoms with Crippen molar-refractivity contribution in [2.45, 2.75) is 25.8 Å². The van der Waals surface area contributed by atoms with Crippen molar-refractivity contribution in [1.29, 1.82) is 0 Å². The van der Waals surface area contributed by atoms with Gasteiger partial charge >= 0.3 is 5.97 Å². The van der Waals surface area contributed by atoms with E-state index in [-0.39, 0.29) is 16.8 Å². The number of rotatable bonds is 5. The highest BCUT2D eigenvalue weighted by molar-refractivity contribution is 6.29. The van der Waals surface area contributed by atoms with Crippen LogP contribution >= 0.6 is 11.6 Å². The van der Waals surface area contributed by atoms with Crippen LogP contribution in [0, 0.1) is 0 Å². The van der Waals surface area contributed by atoms with Gasteiger partial charge in [-0.2, -0.15) is 0 Å². The number of nitrogens with one attached hydrogen (secondary N) is 1. The van der Waals surface area contributed by atoms with Gasteiger partial charge in [-0.25, -0.2) is 9.78 Å². The van der Waals surface area contributed by atoms with Crippen LogP contribution in [0.15, 0.2) is 12.1 Å². The third kappa shape index (κ3) is 4.08. The maximum Gasteiger partial charge on any atom is 0.335 e. The van der Waals surface area contributed by atoms with Crippen LogP contribution in [0.1, 0.15) is 30.1 Å². The Kier molecular flexibility index (Phi) is 4.61. The molecule has 1 unspecified atom stereocenters. The van der Waals surface area contributed by atoms with Gasteiger partial charge < -0.3 is 15.3 Å². The highest BCUT2D eigenvalue weighted by Crippen LogP contribution is 2.16. The van der Waals surface area contributed by atoms with E-state index in [0.717, 1.165) is 19.6 Å². The molecule has 0 saturated carbocycles. The molecule has 1 aromatic heterocycles. The van der Waals surface area contributed by atoms with Crippen LogP contribution in [-0.2, 0) is 0 Å². The highest BCUT2D eigenvalue weighted by Gasteiger charge is 2.15. The Morgan fingerprint density at radius 1 is 1.53 bits per heavy atom. The van der Waals surface area contributed by atoms with Crippen LogP contribution in [-0.4, -0.2) is 46.6 Å². The normalized spacial score (nSPS) is 17.4. The summed E-state index contributed by atoms with van der Waals surface area (Å²) in [7, 11) is 0. The quantitative estimate of drug-likeness (QED) is 0.812. The van der Waals surface area contributed by atoms with Gasteiger partial charge in [0.1, 0.15) is 11.0 Å². The number of nitrogens with zero attached hydrogens (tertiary/aromatic N) is 2. The predicted molar refractivity (Wildman–Crippen MR) is 75.0 cm³/mol. The largest absolute Gasteiger partial charge is 0.478 e. The number of hydrogen-bond donors (Lipinski definition) is 2. The number of aromatic carboxylic acids is 1. The lowest BCUT2D eigenvalue weighted by Gasteiger charge is -2.21. The number of carboxylic acids is 1. The van der Waals surface area contributed by atoms with Crippen LogP contribution in [0.25, 0.3) is 0 Å². The number of carbonyl (C=O) groups is 1. The summed E-state index contributed by atoms with van der Waals surface area (Å²) in [5.74, 6) is -0.490. The highest BCUT2D eigenvalue weighted by atomic mass is 35.5. The van der Waals surface area contributed by atoms with Gasteiger partial charge in [0.2, 0.25) is 0 Å². The van der Waals surface area contributed by atoms with E-state index in [1.807, 2.05) is 0 Å². The van der Waals surface area contributed by atoms with Crippen molar-refractivity contribution in [3.05, 3.63) is 22.8 Å². The Hall–Kier alpha value is -1.33. The fourth-order valence-electron chi connectivity index (χ4n) is 2.34. The molecule has 1 aromatic rings. The molecular formula is C13H18ClN3O2. The maximum atomic E-state index is 10.9. The Bertz CT molecular complexity index is 461. The van der Waals surface area contributed by atoms with Crippen LogP contribution in [0.5, 0.6) is 0 Å². The third-order valence-corrected chi connectivity index (χ3v) is 3.36. The van der Waals surface area contributed by atoms with Crippen molar-refractivity contribution < 1.29 is 9.90 Å². The number of carboxylic acid groups (broad SMARTS) is 1. The number of anilines is 1. The molecule has 0 aromatic carbocycles. The zero-order chi connectivity index (χ0) is 13.8. The van der Waals surface area contributed by atoms with E-state index in [1.54, 1.807) is 0 Å². The van der Waals surface area contributed by atoms with Gasteiger partial charge in [-0.05, 0) is 45.0 Å². The van der Waals surface area contributed by atoms with Crippen molar-refractivity contribution >= 4 is 23.4 Å². The molecule has 2 N–H and O–H groups in total. The number of likely N-dealkylation sites (tertiary alicyclic amines) is 1. The van der Waals surface area contributed by atoms with Gasteiger partial charge in [-0.3, -0.25) is 0 Å². The maximum absolute atomic E-state index is 10.9.